The van der Waals surface area contributed by atoms with E-state index in [2.05, 4.69) is 0 Å². The van der Waals surface area contributed by atoms with Crippen molar-refractivity contribution in [2.45, 2.75) is 19.3 Å². The zero-order valence-electron chi connectivity index (χ0n) is 7.90. The molecule has 3 heteroatoms. The van der Waals surface area contributed by atoms with E-state index in [0.717, 1.165) is 6.42 Å². The summed E-state index contributed by atoms with van der Waals surface area (Å²) in [7, 11) is 0. The van der Waals surface area contributed by atoms with E-state index in [1.54, 1.807) is 0 Å². The van der Waals surface area contributed by atoms with Gasteiger partial charge in [0.1, 0.15) is 0 Å². The lowest BCUT2D eigenvalue weighted by atomic mass is 10.2. The average Bonchev–Trinajstić information content (AvgIpc) is 2.76. The largest absolute Gasteiger partial charge is 0.283 e. The minimum Gasteiger partial charge on any atom is -0.283 e. The highest BCUT2D eigenvalue weighted by Crippen LogP contribution is 2.12. The van der Waals surface area contributed by atoms with Gasteiger partial charge < -0.3 is 0 Å². The Hall–Kier alpha value is -1.51. The number of imide groups is 1. The number of likely N-dealkylation sites (tertiary alicyclic amines) is 1. The number of nitrogens with zero attached hydrogens (tertiary/aromatic N) is 1. The Bertz CT molecular complexity index is 324. The van der Waals surface area contributed by atoms with Crippen LogP contribution in [0, 0.1) is 0 Å². The Balaban J connectivity index is 1.92. The Morgan fingerprint density at radius 3 is 2.29 bits per heavy atom. The third kappa shape index (κ3) is 1.71. The Morgan fingerprint density at radius 2 is 1.71 bits per heavy atom. The first-order chi connectivity index (χ1) is 6.77. The lowest BCUT2D eigenvalue weighted by molar-refractivity contribution is -0.138. The molecule has 1 aromatic rings. The summed E-state index contributed by atoms with van der Waals surface area (Å²) in [5, 5.41) is 0. The summed E-state index contributed by atoms with van der Waals surface area (Å²) >= 11 is 0. The summed E-state index contributed by atoms with van der Waals surface area (Å²) in [5.74, 6) is -0.0527. The lowest BCUT2D eigenvalue weighted by Crippen LogP contribution is -2.30. The molecule has 0 unspecified atom stereocenters. The molecule has 1 fully saturated rings. The van der Waals surface area contributed by atoms with Gasteiger partial charge in [0, 0.05) is 19.4 Å². The van der Waals surface area contributed by atoms with E-state index < -0.39 is 0 Å². The molecule has 1 heterocycles. The van der Waals surface area contributed by atoms with E-state index in [0.29, 0.717) is 19.4 Å². The van der Waals surface area contributed by atoms with Crippen LogP contribution in [0.3, 0.4) is 0 Å². The smallest absolute Gasteiger partial charge is 0.229 e. The first-order valence-electron chi connectivity index (χ1n) is 4.81. The van der Waals surface area contributed by atoms with Crippen molar-refractivity contribution in [1.82, 2.24) is 4.90 Å². The number of carbonyl (C=O) groups is 2. The molecule has 2 amide bonds. The van der Waals surface area contributed by atoms with Gasteiger partial charge in [0.15, 0.2) is 0 Å². The molecule has 0 bridgehead atoms. The fourth-order valence-corrected chi connectivity index (χ4v) is 1.69. The normalized spacial score (nSPS) is 16.7. The van der Waals surface area contributed by atoms with Crippen LogP contribution in [0.1, 0.15) is 18.4 Å². The monoisotopic (exact) mass is 190 g/mol. The summed E-state index contributed by atoms with van der Waals surface area (Å²) < 4.78 is 0. The Labute approximate surface area is 82.7 Å². The highest BCUT2D eigenvalue weighted by Gasteiger charge is 2.27. The van der Waals surface area contributed by atoms with Crippen LogP contribution in [0.15, 0.2) is 24.3 Å². The van der Waals surface area contributed by atoms with Crippen molar-refractivity contribution in [3.63, 3.8) is 0 Å². The number of hydrogen-bond acceptors (Lipinski definition) is 2. The second-order valence-corrected chi connectivity index (χ2v) is 3.48. The van der Waals surface area contributed by atoms with E-state index in [1.165, 1.54) is 10.5 Å². The van der Waals surface area contributed by atoms with Crippen LogP contribution in [-0.4, -0.2) is 23.3 Å². The molecule has 0 atom stereocenters. The lowest BCUT2D eigenvalue weighted by Gasteiger charge is -2.14. The van der Waals surface area contributed by atoms with Crippen molar-refractivity contribution in [2.24, 2.45) is 0 Å². The van der Waals surface area contributed by atoms with Gasteiger partial charge in [0.05, 0.1) is 0 Å². The fraction of sp³-hybridized carbons (Fsp3) is 0.364. The van der Waals surface area contributed by atoms with Gasteiger partial charge in [-0.25, -0.2) is 12.1 Å². The molecule has 1 aliphatic heterocycles. The van der Waals surface area contributed by atoms with Gasteiger partial charge in [-0.15, -0.1) is 0 Å². The molecule has 14 heavy (non-hydrogen) atoms. The second-order valence-electron chi connectivity index (χ2n) is 3.48. The van der Waals surface area contributed by atoms with Crippen LogP contribution in [-0.2, 0) is 16.0 Å². The molecule has 0 aromatic heterocycles. The van der Waals surface area contributed by atoms with Crippen LogP contribution >= 0.6 is 0 Å². The van der Waals surface area contributed by atoms with Crippen LogP contribution < -0.4 is 0 Å². The van der Waals surface area contributed by atoms with Crippen molar-refractivity contribution in [3.8, 4) is 0 Å². The molecule has 1 aliphatic rings. The molecule has 0 saturated carbocycles. The fourth-order valence-electron chi connectivity index (χ4n) is 1.69. The molecular weight excluding hydrogens is 178 g/mol. The number of amides is 2. The molecule has 0 aliphatic carbocycles. The second kappa shape index (κ2) is 3.70. The van der Waals surface area contributed by atoms with Gasteiger partial charge in [-0.2, -0.15) is 17.7 Å². The zero-order chi connectivity index (χ0) is 9.97. The van der Waals surface area contributed by atoms with Crippen molar-refractivity contribution in [1.29, 1.82) is 0 Å². The van der Waals surface area contributed by atoms with E-state index in [1.807, 2.05) is 24.3 Å². The summed E-state index contributed by atoms with van der Waals surface area (Å²) in [6, 6.07) is 7.93. The third-order valence-corrected chi connectivity index (χ3v) is 2.51. The molecule has 74 valence electrons. The molecule has 3 nitrogen and oxygen atoms in total. The summed E-state index contributed by atoms with van der Waals surface area (Å²) in [4.78, 5) is 23.9. The van der Waals surface area contributed by atoms with E-state index in [-0.39, 0.29) is 11.8 Å². The Morgan fingerprint density at radius 1 is 1.14 bits per heavy atom. The maximum atomic E-state index is 11.2. The topological polar surface area (TPSA) is 37.4 Å². The third-order valence-electron chi connectivity index (χ3n) is 2.51. The zero-order valence-corrected chi connectivity index (χ0v) is 7.90. The van der Waals surface area contributed by atoms with Crippen molar-refractivity contribution in [2.75, 3.05) is 6.54 Å². The van der Waals surface area contributed by atoms with E-state index in [4.69, 9.17) is 0 Å². The van der Waals surface area contributed by atoms with Gasteiger partial charge in [0.25, 0.3) is 0 Å². The maximum Gasteiger partial charge on any atom is 0.229 e. The summed E-state index contributed by atoms with van der Waals surface area (Å²) in [6.07, 6.45) is 1.55. The molecule has 1 aromatic carbocycles. The summed E-state index contributed by atoms with van der Waals surface area (Å²) in [6.45, 7) is 0.529. The molecular formula is C11H12NO2-. The number of carbonyl (C=O) groups excluding carboxylic acids is 2. The van der Waals surface area contributed by atoms with Crippen molar-refractivity contribution >= 4 is 11.8 Å². The minimum absolute atomic E-state index is 0.0263. The van der Waals surface area contributed by atoms with Gasteiger partial charge >= 0.3 is 0 Å². The van der Waals surface area contributed by atoms with Gasteiger partial charge in [0.2, 0.25) is 11.8 Å². The highest BCUT2D eigenvalue weighted by molar-refractivity contribution is 6.01. The van der Waals surface area contributed by atoms with Gasteiger partial charge in [-0.05, 0) is 0 Å². The highest BCUT2D eigenvalue weighted by atomic mass is 16.2. The Kier molecular flexibility index (Phi) is 2.39. The molecule has 0 spiro atoms. The first-order valence-corrected chi connectivity index (χ1v) is 4.81. The molecule has 2 rings (SSSR count). The van der Waals surface area contributed by atoms with Crippen LogP contribution in [0.5, 0.6) is 0 Å². The SMILES string of the molecule is O=C1CCC(=O)N1CC[c-]1cccc1. The molecule has 0 N–H and O–H groups in total. The van der Waals surface area contributed by atoms with Crippen molar-refractivity contribution < 1.29 is 9.59 Å². The predicted molar refractivity (Wildman–Crippen MR) is 51.7 cm³/mol. The summed E-state index contributed by atoms with van der Waals surface area (Å²) in [5.41, 5.74) is 1.18. The van der Waals surface area contributed by atoms with Crippen LogP contribution in [0.2, 0.25) is 0 Å². The molecule has 0 radical (unpaired) electrons. The van der Waals surface area contributed by atoms with Gasteiger partial charge in [-0.1, -0.05) is 6.42 Å². The van der Waals surface area contributed by atoms with Gasteiger partial charge in [-0.3, -0.25) is 14.5 Å². The van der Waals surface area contributed by atoms with Crippen LogP contribution in [0.4, 0.5) is 0 Å². The van der Waals surface area contributed by atoms with E-state index >= 15 is 0 Å². The number of hydrogen-bond donors (Lipinski definition) is 0. The quantitative estimate of drug-likeness (QED) is 0.528. The van der Waals surface area contributed by atoms with Crippen LogP contribution in [0.25, 0.3) is 0 Å². The average molecular weight is 190 g/mol. The predicted octanol–water partition coefficient (Wildman–Crippen LogP) is 1.10. The van der Waals surface area contributed by atoms with Crippen molar-refractivity contribution in [3.05, 3.63) is 29.8 Å². The minimum atomic E-state index is -0.0263. The standard InChI is InChI=1S/C11H12NO2/c13-10-5-6-11(14)12(10)8-7-9-3-1-2-4-9/h1-4H,5-8H2/q-1. The first kappa shape index (κ1) is 9.06. The molecule has 1 saturated heterocycles. The number of rotatable bonds is 3. The van der Waals surface area contributed by atoms with E-state index in [9.17, 15) is 9.59 Å². The maximum absolute atomic E-state index is 11.2.